The summed E-state index contributed by atoms with van der Waals surface area (Å²) in [4.78, 5) is 19.7. The van der Waals surface area contributed by atoms with E-state index >= 15 is 0 Å². The largest absolute Gasteiger partial charge is 0.493 e. The zero-order valence-corrected chi connectivity index (χ0v) is 24.3. The summed E-state index contributed by atoms with van der Waals surface area (Å²) in [5.41, 5.74) is 6.30. The summed E-state index contributed by atoms with van der Waals surface area (Å²) < 4.78 is 14.5. The van der Waals surface area contributed by atoms with Crippen molar-refractivity contribution < 1.29 is 9.47 Å². The second-order valence-electron chi connectivity index (χ2n) is 9.30. The Morgan fingerprint density at radius 2 is 1.97 bits per heavy atom. The van der Waals surface area contributed by atoms with E-state index in [2.05, 4.69) is 40.7 Å². The number of benzene rings is 3. The third-order valence-electron chi connectivity index (χ3n) is 6.95. The van der Waals surface area contributed by atoms with E-state index in [0.29, 0.717) is 32.5 Å². The zero-order chi connectivity index (χ0) is 27.1. The third-order valence-corrected chi connectivity index (χ3v) is 8.78. The van der Waals surface area contributed by atoms with Gasteiger partial charge in [0.1, 0.15) is 6.61 Å². The van der Waals surface area contributed by atoms with E-state index < -0.39 is 0 Å². The fourth-order valence-electron chi connectivity index (χ4n) is 5.22. The molecule has 1 aliphatic heterocycles. The fourth-order valence-corrected chi connectivity index (χ4v) is 6.93. The molecule has 1 unspecified atom stereocenters. The van der Waals surface area contributed by atoms with Crippen LogP contribution in [0.2, 0.25) is 5.02 Å². The highest BCUT2D eigenvalue weighted by molar-refractivity contribution is 9.10. The lowest BCUT2D eigenvalue weighted by molar-refractivity contribution is 0.324. The van der Waals surface area contributed by atoms with Gasteiger partial charge in [0.25, 0.3) is 5.56 Å². The molecule has 0 N–H and O–H groups in total. The van der Waals surface area contributed by atoms with Crippen LogP contribution in [0.3, 0.4) is 0 Å². The van der Waals surface area contributed by atoms with E-state index in [1.807, 2.05) is 53.1 Å². The molecule has 0 saturated heterocycles. The van der Waals surface area contributed by atoms with Crippen LogP contribution in [0.4, 0.5) is 0 Å². The van der Waals surface area contributed by atoms with Crippen molar-refractivity contribution in [1.29, 1.82) is 0 Å². The number of hydrogen-bond donors (Lipinski definition) is 0. The first kappa shape index (κ1) is 25.9. The minimum Gasteiger partial charge on any atom is -0.493 e. The Labute approximate surface area is 243 Å². The second-order valence-corrected chi connectivity index (χ2v) is 11.6. The average Bonchev–Trinajstić information content (AvgIpc) is 3.25. The molecule has 5 nitrogen and oxygen atoms in total. The number of fused-ring (bicyclic) bond motifs is 3. The molecule has 0 amide bonds. The van der Waals surface area contributed by atoms with Gasteiger partial charge in [-0.1, -0.05) is 72.0 Å². The van der Waals surface area contributed by atoms with Crippen molar-refractivity contribution in [3.05, 3.63) is 130 Å². The van der Waals surface area contributed by atoms with Gasteiger partial charge in [0.05, 0.1) is 27.9 Å². The molecule has 39 heavy (non-hydrogen) atoms. The number of rotatable bonds is 6. The van der Waals surface area contributed by atoms with Crippen LogP contribution in [-0.4, -0.2) is 18.3 Å². The average molecular weight is 620 g/mol. The first-order chi connectivity index (χ1) is 19.0. The van der Waals surface area contributed by atoms with Gasteiger partial charge in [0, 0.05) is 10.6 Å². The van der Waals surface area contributed by atoms with Gasteiger partial charge in [-0.15, -0.1) is 0 Å². The van der Waals surface area contributed by atoms with Crippen LogP contribution in [0.5, 0.6) is 11.5 Å². The SMILES string of the molecule is C=CCOc1c(Br)cc(C=c2sc3n(c2=O)C(c2ccc(Cl)cc2)C2=C(N=3)c3ccccc3CC2)cc1OC. The third kappa shape index (κ3) is 4.69. The van der Waals surface area contributed by atoms with Crippen molar-refractivity contribution in [3.8, 4) is 11.5 Å². The summed E-state index contributed by atoms with van der Waals surface area (Å²) in [7, 11) is 1.59. The van der Waals surface area contributed by atoms with Crippen LogP contribution in [0.15, 0.2) is 93.2 Å². The lowest BCUT2D eigenvalue weighted by Gasteiger charge is -2.30. The molecular formula is C31H24BrClN2O3S. The van der Waals surface area contributed by atoms with Crippen molar-refractivity contribution in [2.45, 2.75) is 18.9 Å². The molecule has 1 aliphatic carbocycles. The Bertz CT molecular complexity index is 1820. The van der Waals surface area contributed by atoms with Gasteiger partial charge in [0.15, 0.2) is 16.3 Å². The molecule has 0 radical (unpaired) electrons. The topological polar surface area (TPSA) is 52.8 Å². The standard InChI is InChI=1S/C31H24BrClN2O3S/c1-3-14-38-29-24(32)15-18(16-25(29)37-2)17-26-30(36)35-28(20-8-11-21(33)12-9-20)23-13-10-19-6-4-5-7-22(19)27(23)34-31(35)39-26/h3-9,11-12,15-17,28H,1,10,13-14H2,2H3. The number of aryl methyl sites for hydroxylation is 1. The Morgan fingerprint density at radius 3 is 2.74 bits per heavy atom. The molecule has 0 saturated carbocycles. The molecule has 1 aromatic heterocycles. The van der Waals surface area contributed by atoms with E-state index in [1.165, 1.54) is 16.9 Å². The highest BCUT2D eigenvalue weighted by Crippen LogP contribution is 2.41. The molecule has 2 heterocycles. The molecule has 2 aliphatic rings. The van der Waals surface area contributed by atoms with Crippen molar-refractivity contribution in [2.75, 3.05) is 13.7 Å². The predicted octanol–water partition coefficient (Wildman–Crippen LogP) is 6.31. The number of allylic oxidation sites excluding steroid dienone is 1. The minimum atomic E-state index is -0.250. The number of nitrogens with zero attached hydrogens (tertiary/aromatic N) is 2. The first-order valence-electron chi connectivity index (χ1n) is 12.5. The maximum absolute atomic E-state index is 14.0. The number of aromatic nitrogens is 1. The fraction of sp³-hybridized carbons (Fsp3) is 0.161. The number of thiazole rings is 1. The zero-order valence-electron chi connectivity index (χ0n) is 21.1. The van der Waals surface area contributed by atoms with E-state index in [0.717, 1.165) is 45.3 Å². The van der Waals surface area contributed by atoms with Crippen molar-refractivity contribution in [1.82, 2.24) is 4.57 Å². The number of methoxy groups -OCH3 is 1. The van der Waals surface area contributed by atoms with Crippen LogP contribution < -0.4 is 24.4 Å². The van der Waals surface area contributed by atoms with Gasteiger partial charge < -0.3 is 9.47 Å². The van der Waals surface area contributed by atoms with Crippen LogP contribution in [0, 0.1) is 0 Å². The van der Waals surface area contributed by atoms with Crippen molar-refractivity contribution in [2.24, 2.45) is 4.99 Å². The van der Waals surface area contributed by atoms with Crippen LogP contribution in [0.25, 0.3) is 11.8 Å². The minimum absolute atomic E-state index is 0.0776. The number of halogens is 2. The van der Waals surface area contributed by atoms with Crippen molar-refractivity contribution in [3.63, 3.8) is 0 Å². The quantitative estimate of drug-likeness (QED) is 0.238. The van der Waals surface area contributed by atoms with Gasteiger partial charge in [-0.2, -0.15) is 0 Å². The van der Waals surface area contributed by atoms with Gasteiger partial charge in [-0.25, -0.2) is 4.99 Å². The maximum atomic E-state index is 14.0. The number of ether oxygens (including phenoxy) is 2. The first-order valence-corrected chi connectivity index (χ1v) is 14.5. The molecule has 3 aromatic carbocycles. The lowest BCUT2D eigenvalue weighted by atomic mass is 9.83. The molecule has 0 spiro atoms. The summed E-state index contributed by atoms with van der Waals surface area (Å²) in [5.74, 6) is 1.15. The van der Waals surface area contributed by atoms with E-state index in [1.54, 1.807) is 13.2 Å². The summed E-state index contributed by atoms with van der Waals surface area (Å²) in [5, 5.41) is 0.661. The van der Waals surface area contributed by atoms with E-state index in [-0.39, 0.29) is 11.6 Å². The molecular weight excluding hydrogens is 596 g/mol. The van der Waals surface area contributed by atoms with Crippen LogP contribution in [-0.2, 0) is 6.42 Å². The van der Waals surface area contributed by atoms with Crippen molar-refractivity contribution >= 4 is 50.6 Å². The number of hydrogen-bond acceptors (Lipinski definition) is 5. The Balaban J connectivity index is 1.55. The smallest absolute Gasteiger partial charge is 0.271 e. The Hall–Kier alpha value is -3.39. The molecule has 0 fully saturated rings. The summed E-state index contributed by atoms with van der Waals surface area (Å²) >= 11 is 11.2. The normalized spacial score (nSPS) is 16.2. The summed E-state index contributed by atoms with van der Waals surface area (Å²) in [6, 6.07) is 19.7. The van der Waals surface area contributed by atoms with E-state index in [4.69, 9.17) is 26.1 Å². The molecule has 196 valence electrons. The van der Waals surface area contributed by atoms with Gasteiger partial charge in [-0.05, 0) is 81.4 Å². The summed E-state index contributed by atoms with van der Waals surface area (Å²) in [6.45, 7) is 4.06. The molecule has 1 atom stereocenters. The maximum Gasteiger partial charge on any atom is 0.271 e. The van der Waals surface area contributed by atoms with Crippen LogP contribution >= 0.6 is 38.9 Å². The highest BCUT2D eigenvalue weighted by Gasteiger charge is 2.32. The highest BCUT2D eigenvalue weighted by atomic mass is 79.9. The second kappa shape index (κ2) is 10.6. The molecule has 4 aromatic rings. The van der Waals surface area contributed by atoms with Gasteiger partial charge in [-0.3, -0.25) is 9.36 Å². The van der Waals surface area contributed by atoms with Gasteiger partial charge >= 0.3 is 0 Å². The van der Waals surface area contributed by atoms with E-state index in [9.17, 15) is 4.79 Å². The molecule has 8 heteroatoms. The van der Waals surface area contributed by atoms with Crippen LogP contribution in [0.1, 0.15) is 34.7 Å². The summed E-state index contributed by atoms with van der Waals surface area (Å²) in [6.07, 6.45) is 5.30. The Kier molecular flexibility index (Phi) is 7.06. The molecule has 0 bridgehead atoms. The lowest BCUT2D eigenvalue weighted by Crippen LogP contribution is -2.38. The molecule has 6 rings (SSSR count). The predicted molar refractivity (Wildman–Crippen MR) is 161 cm³/mol. The Morgan fingerprint density at radius 1 is 1.18 bits per heavy atom. The van der Waals surface area contributed by atoms with Gasteiger partial charge in [0.2, 0.25) is 0 Å². The monoisotopic (exact) mass is 618 g/mol.